The van der Waals surface area contributed by atoms with Gasteiger partial charge in [-0.15, -0.1) is 0 Å². The minimum absolute atomic E-state index is 0. The average molecular weight is 193 g/mol. The standard InChI is InChI=1S/C9H8O.Al.H3P/c1-2-6-9-8(4-1)5-3-7-10-9;;/h1-6H,7H2;;1H3. The molecule has 2 rings (SSSR count). The Hall–Kier alpha value is -0.278. The second kappa shape index (κ2) is 5.38. The molecule has 0 fully saturated rings. The van der Waals surface area contributed by atoms with Crippen LogP contribution in [0.4, 0.5) is 0 Å². The molecular formula is C9H11AlOP. The van der Waals surface area contributed by atoms with Gasteiger partial charge in [-0.05, 0) is 12.1 Å². The summed E-state index contributed by atoms with van der Waals surface area (Å²) < 4.78 is 5.34. The Labute approximate surface area is 86.6 Å². The summed E-state index contributed by atoms with van der Waals surface area (Å²) in [6.07, 6.45) is 4.10. The number of fused-ring (bicyclic) bond motifs is 1. The van der Waals surface area contributed by atoms with Crippen LogP contribution >= 0.6 is 9.90 Å². The van der Waals surface area contributed by atoms with Crippen molar-refractivity contribution in [3.63, 3.8) is 0 Å². The summed E-state index contributed by atoms with van der Waals surface area (Å²) in [6.45, 7) is 0.705. The number of rotatable bonds is 0. The number of hydrogen-bond acceptors (Lipinski definition) is 1. The molecular weight excluding hydrogens is 182 g/mol. The number of hydrogen-bond donors (Lipinski definition) is 0. The maximum absolute atomic E-state index is 5.34. The molecule has 0 aliphatic carbocycles. The van der Waals surface area contributed by atoms with E-state index in [4.69, 9.17) is 4.74 Å². The molecule has 0 amide bonds. The van der Waals surface area contributed by atoms with E-state index in [1.165, 1.54) is 5.56 Å². The Kier molecular flexibility index (Phi) is 5.26. The van der Waals surface area contributed by atoms with Gasteiger partial charge in [-0.3, -0.25) is 0 Å². The van der Waals surface area contributed by atoms with Gasteiger partial charge in [0.25, 0.3) is 0 Å². The first-order chi connectivity index (χ1) is 4.97. The third kappa shape index (κ3) is 2.36. The minimum atomic E-state index is 0. The van der Waals surface area contributed by atoms with E-state index < -0.39 is 0 Å². The Balaban J connectivity index is 0.000000605. The van der Waals surface area contributed by atoms with Gasteiger partial charge in [0.2, 0.25) is 0 Å². The van der Waals surface area contributed by atoms with Crippen molar-refractivity contribution in [2.24, 2.45) is 0 Å². The molecule has 0 saturated heterocycles. The highest BCUT2D eigenvalue weighted by Gasteiger charge is 2.01. The summed E-state index contributed by atoms with van der Waals surface area (Å²) >= 11 is 0. The summed E-state index contributed by atoms with van der Waals surface area (Å²) in [5.41, 5.74) is 1.17. The van der Waals surface area contributed by atoms with Gasteiger partial charge in [0.15, 0.2) is 0 Å². The summed E-state index contributed by atoms with van der Waals surface area (Å²) in [6, 6.07) is 8.03. The molecule has 61 valence electrons. The van der Waals surface area contributed by atoms with Crippen molar-refractivity contribution < 1.29 is 4.74 Å². The van der Waals surface area contributed by atoms with Gasteiger partial charge in [0, 0.05) is 22.9 Å². The maximum atomic E-state index is 5.34. The molecule has 0 N–H and O–H groups in total. The molecule has 1 aliphatic rings. The van der Waals surface area contributed by atoms with Crippen LogP contribution in [0.2, 0.25) is 0 Å². The fourth-order valence-electron chi connectivity index (χ4n) is 1.06. The first kappa shape index (κ1) is 11.7. The van der Waals surface area contributed by atoms with Crippen molar-refractivity contribution in [3.05, 3.63) is 35.9 Å². The van der Waals surface area contributed by atoms with Crippen LogP contribution in [0, 0.1) is 0 Å². The normalized spacial score (nSPS) is 11.7. The smallest absolute Gasteiger partial charge is 0.126 e. The van der Waals surface area contributed by atoms with Gasteiger partial charge in [-0.1, -0.05) is 24.3 Å². The molecule has 1 heterocycles. The van der Waals surface area contributed by atoms with E-state index in [9.17, 15) is 0 Å². The molecule has 1 aliphatic heterocycles. The highest BCUT2D eigenvalue weighted by molar-refractivity contribution is 6.92. The summed E-state index contributed by atoms with van der Waals surface area (Å²) in [4.78, 5) is 0. The Morgan fingerprint density at radius 1 is 1.17 bits per heavy atom. The van der Waals surface area contributed by atoms with Crippen LogP contribution in [0.15, 0.2) is 30.3 Å². The SMILES string of the molecule is C1=Cc2ccccc2OC1.P.[Al]. The lowest BCUT2D eigenvalue weighted by Crippen LogP contribution is -1.98. The van der Waals surface area contributed by atoms with E-state index in [1.807, 2.05) is 30.3 Å². The van der Waals surface area contributed by atoms with Crippen LogP contribution in [-0.4, -0.2) is 24.0 Å². The highest BCUT2D eigenvalue weighted by Crippen LogP contribution is 2.21. The molecule has 3 heteroatoms. The summed E-state index contributed by atoms with van der Waals surface area (Å²) in [7, 11) is 0. The van der Waals surface area contributed by atoms with E-state index in [2.05, 4.69) is 6.08 Å². The molecule has 1 aromatic carbocycles. The first-order valence-corrected chi connectivity index (χ1v) is 3.35. The van der Waals surface area contributed by atoms with Gasteiger partial charge < -0.3 is 4.74 Å². The molecule has 0 bridgehead atoms. The largest absolute Gasteiger partial charge is 0.489 e. The molecule has 3 radical (unpaired) electrons. The van der Waals surface area contributed by atoms with Crippen molar-refractivity contribution in [1.82, 2.24) is 0 Å². The fourth-order valence-corrected chi connectivity index (χ4v) is 1.06. The molecule has 0 aromatic heterocycles. The lowest BCUT2D eigenvalue weighted by Gasteiger charge is -2.10. The maximum Gasteiger partial charge on any atom is 0.126 e. The number of para-hydroxylation sites is 1. The highest BCUT2D eigenvalue weighted by atomic mass is 31.0. The van der Waals surface area contributed by atoms with Crippen LogP contribution in [0.5, 0.6) is 5.75 Å². The zero-order valence-corrected chi connectivity index (χ0v) is 9.43. The molecule has 1 unspecified atom stereocenters. The van der Waals surface area contributed by atoms with E-state index in [0.717, 1.165) is 5.75 Å². The number of benzene rings is 1. The van der Waals surface area contributed by atoms with Crippen molar-refractivity contribution in [3.8, 4) is 5.75 Å². The Bertz CT molecular complexity index is 273. The Morgan fingerprint density at radius 3 is 2.67 bits per heavy atom. The van der Waals surface area contributed by atoms with E-state index in [-0.39, 0.29) is 27.3 Å². The van der Waals surface area contributed by atoms with Gasteiger partial charge in [0.05, 0.1) is 0 Å². The predicted molar refractivity (Wildman–Crippen MR) is 57.8 cm³/mol. The molecule has 12 heavy (non-hydrogen) atoms. The van der Waals surface area contributed by atoms with Crippen molar-refractivity contribution in [1.29, 1.82) is 0 Å². The zero-order valence-electron chi connectivity index (χ0n) is 6.86. The average Bonchev–Trinajstić information content (AvgIpc) is 2.05. The van der Waals surface area contributed by atoms with Crippen molar-refractivity contribution >= 4 is 33.3 Å². The molecule has 0 spiro atoms. The second-order valence-electron chi connectivity index (χ2n) is 2.25. The predicted octanol–water partition coefficient (Wildman–Crippen LogP) is 1.77. The third-order valence-corrected chi connectivity index (χ3v) is 1.55. The monoisotopic (exact) mass is 193 g/mol. The number of ether oxygens (including phenoxy) is 1. The van der Waals surface area contributed by atoms with Gasteiger partial charge in [-0.2, -0.15) is 9.90 Å². The van der Waals surface area contributed by atoms with E-state index >= 15 is 0 Å². The summed E-state index contributed by atoms with van der Waals surface area (Å²) in [5.74, 6) is 0.991. The van der Waals surface area contributed by atoms with Crippen LogP contribution < -0.4 is 4.74 Å². The van der Waals surface area contributed by atoms with E-state index in [1.54, 1.807) is 0 Å². The van der Waals surface area contributed by atoms with E-state index in [0.29, 0.717) is 6.61 Å². The quantitative estimate of drug-likeness (QED) is 0.450. The molecule has 1 atom stereocenters. The Morgan fingerprint density at radius 2 is 1.92 bits per heavy atom. The van der Waals surface area contributed by atoms with Crippen LogP contribution in [0.1, 0.15) is 5.56 Å². The molecule has 1 nitrogen and oxygen atoms in total. The first-order valence-electron chi connectivity index (χ1n) is 3.35. The minimum Gasteiger partial charge on any atom is -0.489 e. The second-order valence-corrected chi connectivity index (χ2v) is 2.25. The van der Waals surface area contributed by atoms with Gasteiger partial charge >= 0.3 is 0 Å². The van der Waals surface area contributed by atoms with Crippen LogP contribution in [0.3, 0.4) is 0 Å². The zero-order chi connectivity index (χ0) is 6.81. The van der Waals surface area contributed by atoms with Gasteiger partial charge in [-0.25, -0.2) is 0 Å². The third-order valence-electron chi connectivity index (χ3n) is 1.55. The molecule has 1 aromatic rings. The lowest BCUT2D eigenvalue weighted by molar-refractivity contribution is 0.358. The topological polar surface area (TPSA) is 9.23 Å². The van der Waals surface area contributed by atoms with Crippen LogP contribution in [-0.2, 0) is 0 Å². The molecule has 0 saturated carbocycles. The van der Waals surface area contributed by atoms with Crippen molar-refractivity contribution in [2.75, 3.05) is 6.61 Å². The van der Waals surface area contributed by atoms with Gasteiger partial charge in [0.1, 0.15) is 12.4 Å². The van der Waals surface area contributed by atoms with Crippen molar-refractivity contribution in [2.45, 2.75) is 0 Å². The fraction of sp³-hybridized carbons (Fsp3) is 0.111. The summed E-state index contributed by atoms with van der Waals surface area (Å²) in [5, 5.41) is 0. The van der Waals surface area contributed by atoms with Crippen LogP contribution in [0.25, 0.3) is 6.08 Å². The lowest BCUT2D eigenvalue weighted by atomic mass is 10.1.